The summed E-state index contributed by atoms with van der Waals surface area (Å²) in [5, 5.41) is 0. The molecule has 0 spiro atoms. The minimum atomic E-state index is -0.237. The molecule has 0 amide bonds. The first-order valence-electron chi connectivity index (χ1n) is 4.22. The lowest BCUT2D eigenvalue weighted by atomic mass is 10.2. The van der Waals surface area contributed by atoms with Crippen molar-refractivity contribution in [1.82, 2.24) is 4.90 Å². The molecule has 2 aliphatic rings. The number of alkyl halides is 1. The van der Waals surface area contributed by atoms with Crippen LogP contribution in [0, 0.1) is 11.8 Å². The van der Waals surface area contributed by atoms with E-state index in [0.29, 0.717) is 12.5 Å². The monoisotopic (exact) mass is 155 g/mol. The summed E-state index contributed by atoms with van der Waals surface area (Å²) in [7, 11) is 0. The first kappa shape index (κ1) is 7.14. The average molecular weight is 155 g/mol. The van der Waals surface area contributed by atoms with Crippen LogP contribution in [0.2, 0.25) is 0 Å². The largest absolute Gasteiger partial charge is 0.369 e. The average Bonchev–Trinajstić information content (AvgIpc) is 2.39. The molecule has 62 valence electrons. The van der Waals surface area contributed by atoms with Gasteiger partial charge in [-0.15, -0.1) is 0 Å². The van der Waals surface area contributed by atoms with E-state index in [9.17, 15) is 4.39 Å². The van der Waals surface area contributed by atoms with Crippen LogP contribution in [-0.2, 0) is 0 Å². The van der Waals surface area contributed by atoms with Gasteiger partial charge in [0.05, 0.1) is 0 Å². The second-order valence-corrected chi connectivity index (χ2v) is 3.76. The van der Waals surface area contributed by atoms with Crippen LogP contribution in [0.3, 0.4) is 0 Å². The van der Waals surface area contributed by atoms with E-state index in [1.54, 1.807) is 0 Å². The van der Waals surface area contributed by atoms with Gasteiger partial charge in [0.15, 0.2) is 0 Å². The van der Waals surface area contributed by atoms with Gasteiger partial charge in [0.1, 0.15) is 6.67 Å². The van der Waals surface area contributed by atoms with Gasteiger partial charge in [0.2, 0.25) is 0 Å². The fraction of sp³-hybridized carbons (Fsp3) is 0.778. The molecular formula is C9H14FN. The zero-order valence-corrected chi connectivity index (χ0v) is 7.05. The summed E-state index contributed by atoms with van der Waals surface area (Å²) in [6.45, 7) is 4.78. The summed E-state index contributed by atoms with van der Waals surface area (Å²) in [5.74, 6) is 1.41. The maximum atomic E-state index is 12.1. The van der Waals surface area contributed by atoms with Crippen molar-refractivity contribution in [1.29, 1.82) is 0 Å². The number of hydrogen-bond acceptors (Lipinski definition) is 1. The predicted molar refractivity (Wildman–Crippen MR) is 42.9 cm³/mol. The van der Waals surface area contributed by atoms with Gasteiger partial charge in [0, 0.05) is 18.0 Å². The van der Waals surface area contributed by atoms with Crippen molar-refractivity contribution in [3.8, 4) is 0 Å². The normalized spacial score (nSPS) is 46.3. The first-order valence-corrected chi connectivity index (χ1v) is 4.22. The van der Waals surface area contributed by atoms with Crippen LogP contribution in [0.15, 0.2) is 12.3 Å². The summed E-state index contributed by atoms with van der Waals surface area (Å²) in [6.07, 6.45) is 4.25. The second kappa shape index (κ2) is 1.99. The highest BCUT2D eigenvalue weighted by Gasteiger charge is 2.62. The molecule has 0 aromatic rings. The highest BCUT2D eigenvalue weighted by atomic mass is 19.1. The quantitative estimate of drug-likeness (QED) is 0.588. The molecule has 0 radical (unpaired) electrons. The Labute approximate surface area is 66.9 Å². The van der Waals surface area contributed by atoms with Gasteiger partial charge in [-0.2, -0.15) is 0 Å². The molecule has 0 aromatic carbocycles. The Morgan fingerprint density at radius 2 is 2.36 bits per heavy atom. The minimum Gasteiger partial charge on any atom is -0.369 e. The standard InChI is InChI=1S/C9H14FN/c1-7-8-3-5-11(6-4-10)9(7,8)2/h3,5,7-8H,4,6H2,1-2H3/t7?,8?,9-/m0/s1. The van der Waals surface area contributed by atoms with Gasteiger partial charge in [-0.25, -0.2) is 4.39 Å². The highest BCUT2D eigenvalue weighted by molar-refractivity contribution is 5.28. The Morgan fingerprint density at radius 3 is 2.82 bits per heavy atom. The van der Waals surface area contributed by atoms with Crippen LogP contribution in [0.5, 0.6) is 0 Å². The van der Waals surface area contributed by atoms with Crippen molar-refractivity contribution >= 4 is 0 Å². The van der Waals surface area contributed by atoms with Crippen molar-refractivity contribution in [3.63, 3.8) is 0 Å². The molecule has 1 heterocycles. The van der Waals surface area contributed by atoms with E-state index in [1.807, 2.05) is 6.20 Å². The number of nitrogens with zero attached hydrogens (tertiary/aromatic N) is 1. The minimum absolute atomic E-state index is 0.237. The number of halogens is 1. The fourth-order valence-corrected chi connectivity index (χ4v) is 2.33. The van der Waals surface area contributed by atoms with Gasteiger partial charge in [0.25, 0.3) is 0 Å². The third kappa shape index (κ3) is 0.700. The third-order valence-corrected chi connectivity index (χ3v) is 3.44. The maximum Gasteiger partial charge on any atom is 0.107 e. The Bertz CT molecular complexity index is 202. The van der Waals surface area contributed by atoms with E-state index >= 15 is 0 Å². The second-order valence-electron chi connectivity index (χ2n) is 3.76. The van der Waals surface area contributed by atoms with E-state index in [-0.39, 0.29) is 12.2 Å². The van der Waals surface area contributed by atoms with Gasteiger partial charge >= 0.3 is 0 Å². The number of hydrogen-bond donors (Lipinski definition) is 0. The summed E-state index contributed by atoms with van der Waals surface area (Å²) in [5.41, 5.74) is 0.270. The summed E-state index contributed by atoms with van der Waals surface area (Å²) >= 11 is 0. The van der Waals surface area contributed by atoms with Crippen molar-refractivity contribution in [2.45, 2.75) is 19.4 Å². The van der Waals surface area contributed by atoms with E-state index in [1.165, 1.54) is 0 Å². The highest BCUT2D eigenvalue weighted by Crippen LogP contribution is 2.58. The molecule has 1 aliphatic heterocycles. The summed E-state index contributed by atoms with van der Waals surface area (Å²) < 4.78 is 12.1. The van der Waals surface area contributed by atoms with E-state index in [2.05, 4.69) is 24.8 Å². The molecule has 0 bridgehead atoms. The molecule has 2 rings (SSSR count). The lowest BCUT2D eigenvalue weighted by Crippen LogP contribution is -2.32. The van der Waals surface area contributed by atoms with Crippen LogP contribution >= 0.6 is 0 Å². The third-order valence-electron chi connectivity index (χ3n) is 3.44. The van der Waals surface area contributed by atoms with Crippen LogP contribution < -0.4 is 0 Å². The molecular weight excluding hydrogens is 141 g/mol. The lowest BCUT2D eigenvalue weighted by molar-refractivity contribution is 0.240. The maximum absolute atomic E-state index is 12.1. The van der Waals surface area contributed by atoms with Gasteiger partial charge < -0.3 is 4.90 Å². The molecule has 3 atom stereocenters. The SMILES string of the molecule is CC1C2C=CN(CCF)[C@@]12C. The van der Waals surface area contributed by atoms with Gasteiger partial charge in [-0.3, -0.25) is 0 Å². The number of rotatable bonds is 2. The zero-order valence-electron chi connectivity index (χ0n) is 7.05. The van der Waals surface area contributed by atoms with Gasteiger partial charge in [-0.1, -0.05) is 13.0 Å². The Kier molecular flexibility index (Phi) is 1.29. The topological polar surface area (TPSA) is 3.24 Å². The first-order chi connectivity index (χ1) is 5.21. The van der Waals surface area contributed by atoms with E-state index in [4.69, 9.17) is 0 Å². The smallest absolute Gasteiger partial charge is 0.107 e. The Morgan fingerprint density at radius 1 is 1.64 bits per heavy atom. The van der Waals surface area contributed by atoms with Crippen LogP contribution in [0.25, 0.3) is 0 Å². The molecule has 1 aliphatic carbocycles. The van der Waals surface area contributed by atoms with Crippen molar-refractivity contribution in [3.05, 3.63) is 12.3 Å². The molecule has 11 heavy (non-hydrogen) atoms. The molecule has 1 nitrogen and oxygen atoms in total. The molecule has 0 aromatic heterocycles. The summed E-state index contributed by atoms with van der Waals surface area (Å²) in [6, 6.07) is 0. The lowest BCUT2D eigenvalue weighted by Gasteiger charge is -2.25. The van der Waals surface area contributed by atoms with Crippen molar-refractivity contribution < 1.29 is 4.39 Å². The predicted octanol–water partition coefficient (Wildman–Crippen LogP) is 1.81. The van der Waals surface area contributed by atoms with E-state index < -0.39 is 0 Å². The van der Waals surface area contributed by atoms with Crippen LogP contribution in [0.4, 0.5) is 4.39 Å². The number of fused-ring (bicyclic) bond motifs is 1. The van der Waals surface area contributed by atoms with Crippen molar-refractivity contribution in [2.75, 3.05) is 13.2 Å². The molecule has 1 saturated carbocycles. The Hall–Kier alpha value is -0.530. The molecule has 1 fully saturated rings. The molecule has 2 heteroatoms. The van der Waals surface area contributed by atoms with Gasteiger partial charge in [-0.05, 0) is 19.0 Å². The van der Waals surface area contributed by atoms with Crippen LogP contribution in [-0.4, -0.2) is 23.7 Å². The molecule has 0 N–H and O–H groups in total. The van der Waals surface area contributed by atoms with E-state index in [0.717, 1.165) is 5.92 Å². The Balaban J connectivity index is 2.08. The molecule has 0 saturated heterocycles. The van der Waals surface area contributed by atoms with Crippen LogP contribution in [0.1, 0.15) is 13.8 Å². The van der Waals surface area contributed by atoms with Crippen molar-refractivity contribution in [2.24, 2.45) is 11.8 Å². The fourth-order valence-electron chi connectivity index (χ4n) is 2.33. The summed E-state index contributed by atoms with van der Waals surface area (Å²) in [4.78, 5) is 2.14. The zero-order chi connectivity index (χ0) is 8.06. The molecule has 2 unspecified atom stereocenters.